The number of nitrogens with one attached hydrogen (secondary N) is 1. The summed E-state index contributed by atoms with van der Waals surface area (Å²) in [6, 6.07) is 4.68. The van der Waals surface area contributed by atoms with Gasteiger partial charge in [-0.1, -0.05) is 11.6 Å². The van der Waals surface area contributed by atoms with Crippen LogP contribution in [0.3, 0.4) is 0 Å². The molecule has 0 unspecified atom stereocenters. The Hall–Kier alpha value is -2.08. The Bertz CT molecular complexity index is 562. The highest BCUT2D eigenvalue weighted by Gasteiger charge is 2.12. The van der Waals surface area contributed by atoms with Crippen molar-refractivity contribution < 1.29 is 9.34 Å². The summed E-state index contributed by atoms with van der Waals surface area (Å²) in [4.78, 5) is 13.8. The predicted molar refractivity (Wildman–Crippen MR) is 66.7 cm³/mol. The number of furan rings is 1. The van der Waals surface area contributed by atoms with Gasteiger partial charge < -0.3 is 9.73 Å². The summed E-state index contributed by atoms with van der Waals surface area (Å²) >= 11 is 5.94. The molecule has 2 rings (SSSR count). The maximum absolute atomic E-state index is 10.5. The van der Waals surface area contributed by atoms with Gasteiger partial charge >= 0.3 is 5.88 Å². The number of aryl methyl sites for hydroxylation is 1. The van der Waals surface area contributed by atoms with E-state index in [4.69, 9.17) is 16.0 Å². The molecule has 0 aliphatic rings. The highest BCUT2D eigenvalue weighted by molar-refractivity contribution is 6.32. The van der Waals surface area contributed by atoms with Crippen LogP contribution in [0.2, 0.25) is 5.15 Å². The van der Waals surface area contributed by atoms with Crippen LogP contribution in [0.15, 0.2) is 28.8 Å². The molecule has 1 N–H and O–H groups in total. The fourth-order valence-corrected chi connectivity index (χ4v) is 1.74. The Morgan fingerprint density at radius 2 is 2.28 bits per heavy atom. The predicted octanol–water partition coefficient (Wildman–Crippen LogP) is 3.16. The molecule has 2 heterocycles. The van der Waals surface area contributed by atoms with Crippen LogP contribution in [0.5, 0.6) is 0 Å². The summed E-state index contributed by atoms with van der Waals surface area (Å²) in [5, 5.41) is 13.9. The van der Waals surface area contributed by atoms with E-state index in [0.717, 1.165) is 5.56 Å². The van der Waals surface area contributed by atoms with Gasteiger partial charge in [-0.25, -0.2) is 4.98 Å². The topological polar surface area (TPSA) is 81.2 Å². The number of rotatable bonds is 4. The molecule has 0 fully saturated rings. The van der Waals surface area contributed by atoms with E-state index in [1.54, 1.807) is 12.3 Å². The van der Waals surface area contributed by atoms with Gasteiger partial charge in [0.1, 0.15) is 10.7 Å². The summed E-state index contributed by atoms with van der Waals surface area (Å²) in [6.07, 6.45) is 1.61. The fraction of sp³-hybridized carbons (Fsp3) is 0.182. The van der Waals surface area contributed by atoms with Crippen LogP contribution >= 0.6 is 11.6 Å². The summed E-state index contributed by atoms with van der Waals surface area (Å²) in [5.74, 6) is 0.182. The van der Waals surface area contributed by atoms with Gasteiger partial charge in [-0.2, -0.15) is 0 Å². The molecule has 2 aromatic heterocycles. The lowest BCUT2D eigenvalue weighted by Crippen LogP contribution is -2.01. The molecule has 0 bridgehead atoms. The second-order valence-corrected chi connectivity index (χ2v) is 4.00. The normalized spacial score (nSPS) is 10.3. The number of pyridine rings is 1. The molecule has 18 heavy (non-hydrogen) atoms. The van der Waals surface area contributed by atoms with Gasteiger partial charge in [-0.05, 0) is 24.6 Å². The average molecular weight is 268 g/mol. The lowest BCUT2D eigenvalue weighted by Gasteiger charge is -2.08. The van der Waals surface area contributed by atoms with Crippen molar-refractivity contribution in [1.82, 2.24) is 4.98 Å². The molecule has 7 heteroatoms. The molecule has 6 nitrogen and oxygen atoms in total. The monoisotopic (exact) mass is 267 g/mol. The van der Waals surface area contributed by atoms with Crippen molar-refractivity contribution in [3.8, 4) is 0 Å². The largest absolute Gasteiger partial charge is 0.433 e. The molecule has 0 aliphatic heterocycles. The second-order valence-electron chi connectivity index (χ2n) is 3.64. The van der Waals surface area contributed by atoms with Crippen molar-refractivity contribution in [2.75, 3.05) is 5.32 Å². The van der Waals surface area contributed by atoms with Crippen LogP contribution in [0.25, 0.3) is 0 Å². The Morgan fingerprint density at radius 1 is 1.50 bits per heavy atom. The van der Waals surface area contributed by atoms with E-state index in [1.807, 2.05) is 13.0 Å². The van der Waals surface area contributed by atoms with Crippen molar-refractivity contribution in [3.63, 3.8) is 0 Å². The smallest absolute Gasteiger partial charge is 0.404 e. The summed E-state index contributed by atoms with van der Waals surface area (Å²) in [6.45, 7) is 2.20. The van der Waals surface area contributed by atoms with Gasteiger partial charge in [-0.3, -0.25) is 10.1 Å². The van der Waals surface area contributed by atoms with Crippen LogP contribution in [-0.4, -0.2) is 9.91 Å². The lowest BCUT2D eigenvalue weighted by atomic mass is 10.2. The van der Waals surface area contributed by atoms with Crippen molar-refractivity contribution in [1.29, 1.82) is 0 Å². The first-order chi connectivity index (χ1) is 8.58. The Labute approximate surface area is 108 Å². The van der Waals surface area contributed by atoms with E-state index in [2.05, 4.69) is 10.3 Å². The zero-order chi connectivity index (χ0) is 13.1. The first-order valence-electron chi connectivity index (χ1n) is 5.16. The number of nitro groups is 1. The van der Waals surface area contributed by atoms with Gasteiger partial charge in [-0.15, -0.1) is 0 Å². The van der Waals surface area contributed by atoms with Crippen molar-refractivity contribution in [2.24, 2.45) is 0 Å². The van der Waals surface area contributed by atoms with Gasteiger partial charge in [0.05, 0.1) is 18.3 Å². The molecule has 0 spiro atoms. The van der Waals surface area contributed by atoms with Gasteiger partial charge in [0, 0.05) is 6.20 Å². The van der Waals surface area contributed by atoms with E-state index < -0.39 is 4.92 Å². The van der Waals surface area contributed by atoms with E-state index in [9.17, 15) is 10.1 Å². The standard InChI is InChI=1S/C11H10ClN3O3/c1-7-4-5-13-11(12)10(7)14-6-8-2-3-9(18-8)15(16)17/h2-5,14H,6H2,1H3. The van der Waals surface area contributed by atoms with Crippen molar-refractivity contribution >= 4 is 23.2 Å². The first-order valence-corrected chi connectivity index (χ1v) is 5.54. The number of hydrogen-bond acceptors (Lipinski definition) is 5. The van der Waals surface area contributed by atoms with E-state index in [-0.39, 0.29) is 5.88 Å². The Balaban J connectivity index is 2.09. The van der Waals surface area contributed by atoms with Crippen molar-refractivity contribution in [2.45, 2.75) is 13.5 Å². The van der Waals surface area contributed by atoms with Crippen LogP contribution in [0.4, 0.5) is 11.6 Å². The number of halogens is 1. The lowest BCUT2D eigenvalue weighted by molar-refractivity contribution is -0.402. The van der Waals surface area contributed by atoms with Crippen molar-refractivity contribution in [3.05, 3.63) is 51.0 Å². The third kappa shape index (κ3) is 2.60. The van der Waals surface area contributed by atoms with E-state index >= 15 is 0 Å². The molecule has 0 aromatic carbocycles. The highest BCUT2D eigenvalue weighted by atomic mass is 35.5. The average Bonchev–Trinajstić information content (AvgIpc) is 2.77. The maximum atomic E-state index is 10.5. The Morgan fingerprint density at radius 3 is 2.89 bits per heavy atom. The van der Waals surface area contributed by atoms with E-state index in [0.29, 0.717) is 23.1 Å². The first kappa shape index (κ1) is 12.4. The SMILES string of the molecule is Cc1ccnc(Cl)c1NCc1ccc([N+](=O)[O-])o1. The zero-order valence-electron chi connectivity index (χ0n) is 9.51. The maximum Gasteiger partial charge on any atom is 0.433 e. The fourth-order valence-electron chi connectivity index (χ4n) is 1.47. The molecular formula is C11H10ClN3O3. The molecule has 0 saturated heterocycles. The minimum Gasteiger partial charge on any atom is -0.404 e. The third-order valence-electron chi connectivity index (χ3n) is 2.38. The molecule has 0 amide bonds. The molecule has 2 aromatic rings. The van der Waals surface area contributed by atoms with Crippen LogP contribution < -0.4 is 5.32 Å². The molecule has 0 aliphatic carbocycles. The molecular weight excluding hydrogens is 258 g/mol. The molecule has 0 saturated carbocycles. The van der Waals surface area contributed by atoms with Crippen LogP contribution in [0.1, 0.15) is 11.3 Å². The van der Waals surface area contributed by atoms with Gasteiger partial charge in [0.25, 0.3) is 0 Å². The molecule has 0 radical (unpaired) electrons. The molecule has 94 valence electrons. The van der Waals surface area contributed by atoms with E-state index in [1.165, 1.54) is 6.07 Å². The summed E-state index contributed by atoms with van der Waals surface area (Å²) < 4.78 is 5.02. The third-order valence-corrected chi connectivity index (χ3v) is 2.67. The summed E-state index contributed by atoms with van der Waals surface area (Å²) in [5.41, 5.74) is 1.63. The number of nitrogens with zero attached hydrogens (tertiary/aromatic N) is 2. The van der Waals surface area contributed by atoms with Gasteiger partial charge in [0.2, 0.25) is 0 Å². The van der Waals surface area contributed by atoms with Crippen LogP contribution in [-0.2, 0) is 6.54 Å². The van der Waals surface area contributed by atoms with Gasteiger partial charge in [0.15, 0.2) is 5.15 Å². The minimum atomic E-state index is -0.578. The number of anilines is 1. The molecule has 0 atom stereocenters. The highest BCUT2D eigenvalue weighted by Crippen LogP contribution is 2.24. The Kier molecular flexibility index (Phi) is 3.47. The van der Waals surface area contributed by atoms with Crippen LogP contribution in [0, 0.1) is 17.0 Å². The number of aromatic nitrogens is 1. The number of hydrogen-bond donors (Lipinski definition) is 1. The summed E-state index contributed by atoms with van der Waals surface area (Å²) in [7, 11) is 0. The minimum absolute atomic E-state index is 0.277. The zero-order valence-corrected chi connectivity index (χ0v) is 10.3. The second kappa shape index (κ2) is 5.05. The quantitative estimate of drug-likeness (QED) is 0.523.